The second-order valence-corrected chi connectivity index (χ2v) is 6.96. The maximum atomic E-state index is 13.1. The third-order valence-electron chi connectivity index (χ3n) is 5.38. The number of carbonyl (C=O) groups excluding carboxylic acids is 1. The maximum Gasteiger partial charge on any atom is 0.230 e. The van der Waals surface area contributed by atoms with Crippen LogP contribution in [-0.4, -0.2) is 61.9 Å². The lowest BCUT2D eigenvalue weighted by Gasteiger charge is -2.37. The first-order valence-electron chi connectivity index (χ1n) is 9.85. The van der Waals surface area contributed by atoms with E-state index in [2.05, 4.69) is 32.1 Å². The molecule has 146 valence electrons. The number of anilines is 1. The van der Waals surface area contributed by atoms with E-state index in [1.54, 1.807) is 11.0 Å². The molecule has 28 heavy (non-hydrogen) atoms. The summed E-state index contributed by atoms with van der Waals surface area (Å²) in [4.78, 5) is 26.0. The minimum absolute atomic E-state index is 0.0806. The van der Waals surface area contributed by atoms with Gasteiger partial charge < -0.3 is 9.80 Å². The highest BCUT2D eigenvalue weighted by atomic mass is 16.2. The second kappa shape index (κ2) is 7.92. The molecule has 1 aromatic carbocycles. The van der Waals surface area contributed by atoms with Crippen LogP contribution in [0.3, 0.4) is 0 Å². The molecule has 0 N–H and O–H groups in total. The van der Waals surface area contributed by atoms with Crippen molar-refractivity contribution in [2.24, 2.45) is 0 Å². The zero-order valence-electron chi connectivity index (χ0n) is 16.3. The summed E-state index contributed by atoms with van der Waals surface area (Å²) < 4.78 is 1.77. The van der Waals surface area contributed by atoms with Gasteiger partial charge in [-0.05, 0) is 18.9 Å². The predicted molar refractivity (Wildman–Crippen MR) is 107 cm³/mol. The van der Waals surface area contributed by atoms with Crippen molar-refractivity contribution in [3.8, 4) is 0 Å². The number of rotatable bonds is 5. The molecule has 3 heterocycles. The molecule has 1 unspecified atom stereocenters. The lowest BCUT2D eigenvalue weighted by Crippen LogP contribution is -2.50. The molecule has 1 saturated heterocycles. The molecule has 1 amide bonds. The zero-order chi connectivity index (χ0) is 19.5. The number of fused-ring (bicyclic) bond motifs is 1. The fourth-order valence-electron chi connectivity index (χ4n) is 3.82. The van der Waals surface area contributed by atoms with E-state index in [1.165, 1.54) is 0 Å². The molecule has 8 nitrogen and oxygen atoms in total. The molecule has 1 atom stereocenters. The van der Waals surface area contributed by atoms with Crippen LogP contribution < -0.4 is 4.90 Å². The summed E-state index contributed by atoms with van der Waals surface area (Å²) in [6.07, 6.45) is 2.36. The first kappa shape index (κ1) is 18.3. The number of amides is 1. The van der Waals surface area contributed by atoms with E-state index in [0.717, 1.165) is 42.1 Å². The van der Waals surface area contributed by atoms with Gasteiger partial charge in [0.2, 0.25) is 5.91 Å². The van der Waals surface area contributed by atoms with Crippen LogP contribution in [0.5, 0.6) is 0 Å². The largest absolute Gasteiger partial charge is 0.351 e. The molecule has 1 fully saturated rings. The number of hydrogen-bond donors (Lipinski definition) is 0. The summed E-state index contributed by atoms with van der Waals surface area (Å²) in [7, 11) is 0. The molecule has 1 aliphatic rings. The Bertz CT molecular complexity index is 948. The Morgan fingerprint density at radius 1 is 1.07 bits per heavy atom. The summed E-state index contributed by atoms with van der Waals surface area (Å²) in [5, 5.41) is 8.42. The van der Waals surface area contributed by atoms with E-state index >= 15 is 0 Å². The number of benzene rings is 1. The SMILES string of the molecule is CCC(C(=O)N1CCN(c2ncnc3c2nnn3CC)CC1)c1ccccc1. The minimum atomic E-state index is -0.0806. The van der Waals surface area contributed by atoms with E-state index < -0.39 is 0 Å². The van der Waals surface area contributed by atoms with Crippen LogP contribution in [-0.2, 0) is 11.3 Å². The first-order valence-corrected chi connectivity index (χ1v) is 9.85. The number of aromatic nitrogens is 5. The van der Waals surface area contributed by atoms with Crippen molar-refractivity contribution in [2.75, 3.05) is 31.1 Å². The molecule has 0 aliphatic carbocycles. The Balaban J connectivity index is 1.48. The van der Waals surface area contributed by atoms with Crippen molar-refractivity contribution in [1.29, 1.82) is 0 Å². The molecule has 8 heteroatoms. The van der Waals surface area contributed by atoms with Crippen LogP contribution in [0.15, 0.2) is 36.7 Å². The van der Waals surface area contributed by atoms with Gasteiger partial charge >= 0.3 is 0 Å². The minimum Gasteiger partial charge on any atom is -0.351 e. The van der Waals surface area contributed by atoms with Crippen molar-refractivity contribution in [1.82, 2.24) is 29.9 Å². The van der Waals surface area contributed by atoms with Crippen molar-refractivity contribution in [3.05, 3.63) is 42.2 Å². The number of hydrogen-bond acceptors (Lipinski definition) is 6. The van der Waals surface area contributed by atoms with E-state index in [0.29, 0.717) is 19.6 Å². The fourth-order valence-corrected chi connectivity index (χ4v) is 3.82. The molecule has 0 bridgehead atoms. The lowest BCUT2D eigenvalue weighted by molar-refractivity contribution is -0.133. The summed E-state index contributed by atoms with van der Waals surface area (Å²) in [6.45, 7) is 7.60. The smallest absolute Gasteiger partial charge is 0.230 e. The molecule has 4 rings (SSSR count). The average Bonchev–Trinajstić information content (AvgIpc) is 3.18. The van der Waals surface area contributed by atoms with E-state index in [1.807, 2.05) is 42.2 Å². The van der Waals surface area contributed by atoms with Crippen molar-refractivity contribution >= 4 is 22.9 Å². The normalized spacial score (nSPS) is 15.8. The van der Waals surface area contributed by atoms with Gasteiger partial charge in [0.1, 0.15) is 6.33 Å². The van der Waals surface area contributed by atoms with Crippen molar-refractivity contribution in [2.45, 2.75) is 32.7 Å². The van der Waals surface area contributed by atoms with Gasteiger partial charge in [0.05, 0.1) is 5.92 Å². The zero-order valence-corrected chi connectivity index (χ0v) is 16.3. The third-order valence-corrected chi connectivity index (χ3v) is 5.38. The van der Waals surface area contributed by atoms with Gasteiger partial charge in [-0.25, -0.2) is 14.6 Å². The molecular weight excluding hydrogens is 354 g/mol. The van der Waals surface area contributed by atoms with Gasteiger partial charge in [-0.15, -0.1) is 5.10 Å². The Morgan fingerprint density at radius 2 is 1.82 bits per heavy atom. The van der Waals surface area contributed by atoms with Crippen LogP contribution in [0.2, 0.25) is 0 Å². The van der Waals surface area contributed by atoms with Crippen LogP contribution in [0.25, 0.3) is 11.2 Å². The summed E-state index contributed by atoms with van der Waals surface area (Å²) >= 11 is 0. The fraction of sp³-hybridized carbons (Fsp3) is 0.450. The van der Waals surface area contributed by atoms with E-state index in [9.17, 15) is 4.79 Å². The average molecular weight is 379 g/mol. The van der Waals surface area contributed by atoms with Crippen LogP contribution >= 0.6 is 0 Å². The highest BCUT2D eigenvalue weighted by Gasteiger charge is 2.29. The van der Waals surface area contributed by atoms with Gasteiger partial charge in [0, 0.05) is 32.7 Å². The van der Waals surface area contributed by atoms with Crippen molar-refractivity contribution < 1.29 is 4.79 Å². The molecule has 0 saturated carbocycles. The molecular formula is C20H25N7O. The van der Waals surface area contributed by atoms with Crippen LogP contribution in [0.4, 0.5) is 5.82 Å². The number of aryl methyl sites for hydroxylation is 1. The topological polar surface area (TPSA) is 80.0 Å². The number of nitrogens with zero attached hydrogens (tertiary/aromatic N) is 7. The van der Waals surface area contributed by atoms with Gasteiger partial charge in [-0.1, -0.05) is 42.5 Å². The monoisotopic (exact) mass is 379 g/mol. The highest BCUT2D eigenvalue weighted by molar-refractivity contribution is 5.85. The number of piperazine rings is 1. The van der Waals surface area contributed by atoms with Gasteiger partial charge in [0.25, 0.3) is 0 Å². The molecule has 2 aromatic heterocycles. The summed E-state index contributed by atoms with van der Waals surface area (Å²) in [6, 6.07) is 10.0. The Hall–Kier alpha value is -3.03. The van der Waals surface area contributed by atoms with E-state index in [-0.39, 0.29) is 11.8 Å². The molecule has 3 aromatic rings. The highest BCUT2D eigenvalue weighted by Crippen LogP contribution is 2.25. The third kappa shape index (κ3) is 3.30. The Morgan fingerprint density at radius 3 is 2.50 bits per heavy atom. The summed E-state index contributed by atoms with van der Waals surface area (Å²) in [5.41, 5.74) is 2.56. The van der Waals surface area contributed by atoms with E-state index in [4.69, 9.17) is 0 Å². The first-order chi connectivity index (χ1) is 13.7. The van der Waals surface area contributed by atoms with Gasteiger partial charge in [0.15, 0.2) is 17.0 Å². The van der Waals surface area contributed by atoms with Crippen LogP contribution in [0.1, 0.15) is 31.7 Å². The Labute approximate surface area is 164 Å². The predicted octanol–water partition coefficient (Wildman–Crippen LogP) is 2.08. The lowest BCUT2D eigenvalue weighted by atomic mass is 9.95. The van der Waals surface area contributed by atoms with Gasteiger partial charge in [-0.3, -0.25) is 4.79 Å². The Kier molecular flexibility index (Phi) is 5.18. The summed E-state index contributed by atoms with van der Waals surface area (Å²) in [5.74, 6) is 0.924. The standard InChI is InChI=1S/C20H25N7O/c1-3-16(15-8-6-5-7-9-15)20(28)26-12-10-25(11-13-26)18-17-19(22-14-21-18)27(4-2)24-23-17/h5-9,14,16H,3-4,10-13H2,1-2H3. The molecule has 0 radical (unpaired) electrons. The van der Waals surface area contributed by atoms with Crippen molar-refractivity contribution in [3.63, 3.8) is 0 Å². The van der Waals surface area contributed by atoms with Crippen LogP contribution in [0, 0.1) is 0 Å². The quantitative estimate of drug-likeness (QED) is 0.675. The van der Waals surface area contributed by atoms with Gasteiger partial charge in [-0.2, -0.15) is 0 Å². The number of carbonyl (C=O) groups is 1. The maximum absolute atomic E-state index is 13.1. The molecule has 0 spiro atoms. The second-order valence-electron chi connectivity index (χ2n) is 6.96. The molecule has 1 aliphatic heterocycles.